The summed E-state index contributed by atoms with van der Waals surface area (Å²) in [5.41, 5.74) is 0.551. The number of carbonyl (C=O) groups is 1. The molecular weight excluding hydrogens is 502 g/mol. The lowest BCUT2D eigenvalue weighted by Crippen LogP contribution is -2.36. The van der Waals surface area contributed by atoms with E-state index >= 15 is 0 Å². The van der Waals surface area contributed by atoms with Crippen LogP contribution in [0, 0.1) is 0 Å². The highest BCUT2D eigenvalue weighted by Crippen LogP contribution is 2.34. The van der Waals surface area contributed by atoms with Crippen LogP contribution < -0.4 is 10.6 Å². The van der Waals surface area contributed by atoms with Crippen molar-refractivity contribution in [3.05, 3.63) is 34.9 Å². The summed E-state index contributed by atoms with van der Waals surface area (Å²) in [4.78, 5) is 15.9. The van der Waals surface area contributed by atoms with E-state index in [1.54, 1.807) is 13.8 Å². The number of alkyl carbamates (subject to hydrolysis) is 1. The third-order valence-electron chi connectivity index (χ3n) is 4.76. The summed E-state index contributed by atoms with van der Waals surface area (Å²) in [5, 5.41) is 16.1. The molecule has 3 aromatic rings. The van der Waals surface area contributed by atoms with Crippen molar-refractivity contribution in [2.45, 2.75) is 51.2 Å². The Bertz CT molecular complexity index is 1200. The van der Waals surface area contributed by atoms with Gasteiger partial charge in [-0.05, 0) is 19.9 Å². The minimum atomic E-state index is -4.81. The predicted octanol–water partition coefficient (Wildman–Crippen LogP) is 3.80. The smallest absolute Gasteiger partial charge is 0.441 e. The summed E-state index contributed by atoms with van der Waals surface area (Å²) in [6.45, 7) is 2.54. The summed E-state index contributed by atoms with van der Waals surface area (Å²) in [7, 11) is 0. The van der Waals surface area contributed by atoms with E-state index < -0.39 is 37.4 Å². The second-order valence-electron chi connectivity index (χ2n) is 7.89. The van der Waals surface area contributed by atoms with Crippen molar-refractivity contribution in [3.63, 3.8) is 0 Å². The van der Waals surface area contributed by atoms with Crippen LogP contribution in [-0.4, -0.2) is 62.2 Å². The molecule has 3 atom stereocenters. The van der Waals surface area contributed by atoms with Crippen molar-refractivity contribution in [3.8, 4) is 0 Å². The van der Waals surface area contributed by atoms with Crippen molar-refractivity contribution in [2.75, 3.05) is 11.9 Å². The van der Waals surface area contributed by atoms with Gasteiger partial charge in [-0.2, -0.15) is 10.2 Å². The van der Waals surface area contributed by atoms with Gasteiger partial charge in [-0.1, -0.05) is 11.6 Å². The highest BCUT2D eigenvalue weighted by Gasteiger charge is 2.42. The number of rotatable bonds is 7. The Morgan fingerprint density at radius 1 is 1.40 bits per heavy atom. The Hall–Kier alpha value is -3.17. The van der Waals surface area contributed by atoms with Crippen LogP contribution in [0.25, 0.3) is 5.52 Å². The minimum Gasteiger partial charge on any atom is -0.441 e. The van der Waals surface area contributed by atoms with Crippen LogP contribution in [0.15, 0.2) is 18.3 Å². The Balaban J connectivity index is 1.46. The Morgan fingerprint density at radius 2 is 2.17 bits per heavy atom. The fraction of sp³-hybridized carbons (Fsp3) is 0.474. The van der Waals surface area contributed by atoms with Gasteiger partial charge < -0.3 is 20.1 Å². The Kier molecular flexibility index (Phi) is 7.00. The van der Waals surface area contributed by atoms with Crippen LogP contribution in [0.4, 0.5) is 34.0 Å². The topological polar surface area (TPSA) is 128 Å². The third-order valence-corrected chi connectivity index (χ3v) is 4.94. The normalized spacial score (nSPS) is 20.5. The minimum absolute atomic E-state index is 0.00441. The SMILES string of the molecule is CC(C)NC(=O)O[C@@H]1CO[C@H](c2cc(Nc3nc(Cl)cn4nc(COC(F)(F)F)cc34)n[nH]2)[C@H]1F. The van der Waals surface area contributed by atoms with E-state index in [1.165, 1.54) is 22.8 Å². The van der Waals surface area contributed by atoms with E-state index in [0.29, 0.717) is 5.52 Å². The van der Waals surface area contributed by atoms with Gasteiger partial charge in [0.15, 0.2) is 23.9 Å². The maximum absolute atomic E-state index is 14.9. The molecule has 1 aliphatic rings. The van der Waals surface area contributed by atoms with Gasteiger partial charge in [0, 0.05) is 12.1 Å². The summed E-state index contributed by atoms with van der Waals surface area (Å²) >= 11 is 6.00. The van der Waals surface area contributed by atoms with Crippen molar-refractivity contribution < 1.29 is 36.6 Å². The highest BCUT2D eigenvalue weighted by atomic mass is 35.5. The molecule has 4 heterocycles. The van der Waals surface area contributed by atoms with Crippen LogP contribution in [0.1, 0.15) is 31.3 Å². The van der Waals surface area contributed by atoms with Crippen LogP contribution in [0.3, 0.4) is 0 Å². The van der Waals surface area contributed by atoms with Gasteiger partial charge in [0.05, 0.1) is 24.2 Å². The lowest BCUT2D eigenvalue weighted by molar-refractivity contribution is -0.330. The first-order valence-corrected chi connectivity index (χ1v) is 10.7. The van der Waals surface area contributed by atoms with Crippen molar-refractivity contribution in [1.82, 2.24) is 30.1 Å². The number of nitrogens with one attached hydrogen (secondary N) is 3. The summed E-state index contributed by atoms with van der Waals surface area (Å²) in [6.07, 6.45) is -8.06. The molecule has 0 aromatic carbocycles. The van der Waals surface area contributed by atoms with Gasteiger partial charge >= 0.3 is 12.5 Å². The standard InChI is InChI=1S/C19H20ClF4N7O4/c1-8(2)25-18(32)35-12-7-33-16(15(12)21)10-4-14(29-28-10)27-17-11-3-9(6-34-19(22,23)24)30-31(11)5-13(20)26-17/h3-5,8,12,15-16H,6-7H2,1-2H3,(H,25,32)(H2,26,27,28,29)/t12-,15+,16-/m1/s1. The van der Waals surface area contributed by atoms with Crippen LogP contribution >= 0.6 is 11.6 Å². The average Bonchev–Trinajstić information content (AvgIpc) is 3.45. The van der Waals surface area contributed by atoms with Gasteiger partial charge in [0.1, 0.15) is 23.4 Å². The van der Waals surface area contributed by atoms with E-state index in [-0.39, 0.29) is 40.8 Å². The first-order valence-electron chi connectivity index (χ1n) is 10.3. The van der Waals surface area contributed by atoms with Gasteiger partial charge in [-0.3, -0.25) is 9.84 Å². The molecule has 0 aliphatic carbocycles. The van der Waals surface area contributed by atoms with E-state index in [2.05, 4.69) is 35.7 Å². The summed E-state index contributed by atoms with van der Waals surface area (Å²) < 4.78 is 67.5. The molecule has 0 bridgehead atoms. The summed E-state index contributed by atoms with van der Waals surface area (Å²) in [5.74, 6) is 0.334. The van der Waals surface area contributed by atoms with Crippen molar-refractivity contribution in [1.29, 1.82) is 0 Å². The number of H-pyrrole nitrogens is 1. The average molecular weight is 522 g/mol. The molecule has 11 nitrogen and oxygen atoms in total. The van der Waals surface area contributed by atoms with Crippen LogP contribution in [0.2, 0.25) is 5.15 Å². The fourth-order valence-corrected chi connectivity index (χ4v) is 3.52. The van der Waals surface area contributed by atoms with E-state index in [1.807, 2.05) is 0 Å². The number of anilines is 2. The van der Waals surface area contributed by atoms with E-state index in [0.717, 1.165) is 0 Å². The first kappa shape index (κ1) is 24.9. The molecular formula is C19H20ClF4N7O4. The van der Waals surface area contributed by atoms with E-state index in [4.69, 9.17) is 21.1 Å². The number of fused-ring (bicyclic) bond motifs is 1. The zero-order valence-corrected chi connectivity index (χ0v) is 19.0. The third kappa shape index (κ3) is 6.10. The lowest BCUT2D eigenvalue weighted by Gasteiger charge is -2.16. The number of ether oxygens (including phenoxy) is 3. The highest BCUT2D eigenvalue weighted by molar-refractivity contribution is 6.29. The second kappa shape index (κ2) is 9.83. The zero-order valence-electron chi connectivity index (χ0n) is 18.3. The molecule has 0 spiro atoms. The molecule has 16 heteroatoms. The number of nitrogens with zero attached hydrogens (tertiary/aromatic N) is 4. The molecule has 0 radical (unpaired) electrons. The van der Waals surface area contributed by atoms with Crippen LogP contribution in [-0.2, 0) is 20.8 Å². The maximum Gasteiger partial charge on any atom is 0.522 e. The quantitative estimate of drug-likeness (QED) is 0.401. The van der Waals surface area contributed by atoms with Gasteiger partial charge in [0.25, 0.3) is 0 Å². The molecule has 0 unspecified atom stereocenters. The first-order chi connectivity index (χ1) is 16.5. The molecule has 0 saturated carbocycles. The molecule has 35 heavy (non-hydrogen) atoms. The molecule has 1 amide bonds. The Morgan fingerprint density at radius 3 is 2.89 bits per heavy atom. The second-order valence-corrected chi connectivity index (χ2v) is 8.27. The number of amides is 1. The molecule has 1 saturated heterocycles. The monoisotopic (exact) mass is 521 g/mol. The Labute approximate surface area is 200 Å². The molecule has 1 fully saturated rings. The number of alkyl halides is 4. The largest absolute Gasteiger partial charge is 0.522 e. The molecule has 3 N–H and O–H groups in total. The van der Waals surface area contributed by atoms with Crippen molar-refractivity contribution in [2.24, 2.45) is 0 Å². The molecule has 190 valence electrons. The zero-order chi connectivity index (χ0) is 25.3. The fourth-order valence-electron chi connectivity index (χ4n) is 3.35. The summed E-state index contributed by atoms with van der Waals surface area (Å²) in [6, 6.07) is 2.62. The predicted molar refractivity (Wildman–Crippen MR) is 113 cm³/mol. The van der Waals surface area contributed by atoms with Gasteiger partial charge in [0.2, 0.25) is 0 Å². The number of aromatic amines is 1. The number of hydrogen-bond donors (Lipinski definition) is 3. The van der Waals surface area contributed by atoms with Crippen LogP contribution in [0.5, 0.6) is 0 Å². The number of hydrogen-bond acceptors (Lipinski definition) is 8. The number of carbonyl (C=O) groups excluding carboxylic acids is 1. The van der Waals surface area contributed by atoms with Gasteiger partial charge in [-0.25, -0.2) is 18.7 Å². The number of aromatic nitrogens is 5. The van der Waals surface area contributed by atoms with Gasteiger partial charge in [-0.15, -0.1) is 13.2 Å². The lowest BCUT2D eigenvalue weighted by atomic mass is 10.1. The molecule has 3 aromatic heterocycles. The number of halogens is 5. The molecule has 1 aliphatic heterocycles. The van der Waals surface area contributed by atoms with E-state index in [9.17, 15) is 22.4 Å². The van der Waals surface area contributed by atoms with Crippen molar-refractivity contribution >= 4 is 34.8 Å². The molecule has 4 rings (SSSR count). The maximum atomic E-state index is 14.9.